The molecule has 32 heavy (non-hydrogen) atoms. The number of hydrogen-bond acceptors (Lipinski definition) is 3. The third-order valence-corrected chi connectivity index (χ3v) is 6.24. The van der Waals surface area contributed by atoms with E-state index in [1.807, 2.05) is 0 Å². The number of rotatable bonds is 5. The van der Waals surface area contributed by atoms with Crippen molar-refractivity contribution in [1.29, 1.82) is 0 Å². The highest BCUT2D eigenvalue weighted by molar-refractivity contribution is 6.01. The van der Waals surface area contributed by atoms with Gasteiger partial charge in [-0.05, 0) is 31.4 Å². The number of carbonyl (C=O) groups excluding carboxylic acids is 3. The van der Waals surface area contributed by atoms with Gasteiger partial charge in [-0.25, -0.2) is 4.79 Å². The molecular formula is C22H25F3N4O3. The van der Waals surface area contributed by atoms with E-state index in [9.17, 15) is 27.6 Å². The molecule has 10 heteroatoms. The number of benzene rings is 1. The Morgan fingerprint density at radius 2 is 1.84 bits per heavy atom. The molecule has 0 radical (unpaired) electrons. The Bertz CT molecular complexity index is 969. The van der Waals surface area contributed by atoms with E-state index in [0.29, 0.717) is 18.8 Å². The topological polar surface area (TPSA) is 73.0 Å². The van der Waals surface area contributed by atoms with Gasteiger partial charge in [0.2, 0.25) is 5.91 Å². The Balaban J connectivity index is 1.62. The maximum atomic E-state index is 13.6. The third kappa shape index (κ3) is 3.93. The van der Waals surface area contributed by atoms with Crippen molar-refractivity contribution >= 4 is 17.8 Å². The summed E-state index contributed by atoms with van der Waals surface area (Å²) in [6.45, 7) is 3.66. The lowest BCUT2D eigenvalue weighted by molar-refractivity contribution is -0.138. The Labute approximate surface area is 183 Å². The molecule has 172 valence electrons. The van der Waals surface area contributed by atoms with Crippen LogP contribution in [-0.4, -0.2) is 65.3 Å². The highest BCUT2D eigenvalue weighted by Gasteiger charge is 2.46. The largest absolute Gasteiger partial charge is 0.416 e. The van der Waals surface area contributed by atoms with Crippen LogP contribution in [0.1, 0.15) is 43.4 Å². The summed E-state index contributed by atoms with van der Waals surface area (Å²) in [5.74, 6) is -0.490. The first kappa shape index (κ1) is 22.2. The number of hydrogen-bond donors (Lipinski definition) is 1. The quantitative estimate of drug-likeness (QED) is 0.750. The normalized spacial score (nSPS) is 21.4. The fourth-order valence-electron chi connectivity index (χ4n) is 4.66. The Hall–Kier alpha value is -3.04. The molecule has 1 saturated heterocycles. The summed E-state index contributed by atoms with van der Waals surface area (Å²) in [5.41, 5.74) is -0.522. The lowest BCUT2D eigenvalue weighted by Crippen LogP contribution is -2.47. The number of amides is 4. The zero-order chi connectivity index (χ0) is 23.0. The van der Waals surface area contributed by atoms with Crippen molar-refractivity contribution in [2.24, 2.45) is 0 Å². The van der Waals surface area contributed by atoms with Crippen molar-refractivity contribution in [2.75, 3.05) is 32.7 Å². The van der Waals surface area contributed by atoms with E-state index in [0.717, 1.165) is 18.9 Å². The lowest BCUT2D eigenvalue weighted by atomic mass is 9.91. The summed E-state index contributed by atoms with van der Waals surface area (Å²) < 4.78 is 40.9. The Morgan fingerprint density at radius 3 is 2.50 bits per heavy atom. The van der Waals surface area contributed by atoms with Gasteiger partial charge in [-0.1, -0.05) is 18.2 Å². The van der Waals surface area contributed by atoms with Crippen molar-refractivity contribution < 1.29 is 27.6 Å². The number of nitrogens with one attached hydrogen (secondary N) is 1. The van der Waals surface area contributed by atoms with Crippen molar-refractivity contribution in [3.05, 3.63) is 46.7 Å². The molecule has 0 spiro atoms. The number of halogens is 3. The van der Waals surface area contributed by atoms with Crippen LogP contribution in [0.2, 0.25) is 0 Å². The van der Waals surface area contributed by atoms with Gasteiger partial charge in [0, 0.05) is 32.6 Å². The molecule has 0 bridgehead atoms. The van der Waals surface area contributed by atoms with E-state index in [-0.39, 0.29) is 43.1 Å². The van der Waals surface area contributed by atoms with Gasteiger partial charge in [0.1, 0.15) is 0 Å². The zero-order valence-electron chi connectivity index (χ0n) is 17.7. The van der Waals surface area contributed by atoms with Gasteiger partial charge in [0.25, 0.3) is 5.91 Å². The van der Waals surface area contributed by atoms with Crippen molar-refractivity contribution in [3.63, 3.8) is 0 Å². The second kappa shape index (κ2) is 8.48. The molecule has 1 fully saturated rings. The highest BCUT2D eigenvalue weighted by Crippen LogP contribution is 2.41. The van der Waals surface area contributed by atoms with E-state index in [1.165, 1.54) is 28.0 Å². The molecule has 3 heterocycles. The van der Waals surface area contributed by atoms with Gasteiger partial charge in [0.15, 0.2) is 0 Å². The second-order valence-corrected chi connectivity index (χ2v) is 8.14. The standard InChI is InChI=1S/C22H25F3N4O3/c1-2-29-16-13-28(12-9-17(30)27-10-5-6-11-27)20(31)18(16)19(26-21(29)32)14-7-3-4-8-15(14)22(23,24)25/h3-4,7-8,19H,2,5-6,9-13H2,1H3,(H,26,32)/t19-/m0/s1. The molecule has 1 aromatic carbocycles. The molecule has 0 saturated carbocycles. The van der Waals surface area contributed by atoms with Gasteiger partial charge < -0.3 is 15.1 Å². The fourth-order valence-corrected chi connectivity index (χ4v) is 4.66. The highest BCUT2D eigenvalue weighted by atomic mass is 19.4. The molecule has 4 rings (SSSR count). The monoisotopic (exact) mass is 450 g/mol. The Morgan fingerprint density at radius 1 is 1.16 bits per heavy atom. The molecule has 1 atom stereocenters. The SMILES string of the molecule is CCN1C(=O)N[C@@H](c2ccccc2C(F)(F)F)C2=C1CN(CCC(=O)N1CCCC1)C2=O. The first-order valence-corrected chi connectivity index (χ1v) is 10.8. The van der Waals surface area contributed by atoms with E-state index in [2.05, 4.69) is 5.32 Å². The molecule has 1 N–H and O–H groups in total. The minimum atomic E-state index is -4.63. The lowest BCUT2D eigenvalue weighted by Gasteiger charge is -2.33. The minimum absolute atomic E-state index is 0.0410. The second-order valence-electron chi connectivity index (χ2n) is 8.14. The summed E-state index contributed by atoms with van der Waals surface area (Å²) >= 11 is 0. The molecule has 4 amide bonds. The molecule has 0 unspecified atom stereocenters. The number of likely N-dealkylation sites (N-methyl/N-ethyl adjacent to an activating group) is 1. The van der Waals surface area contributed by atoms with Crippen molar-refractivity contribution in [2.45, 2.75) is 38.4 Å². The first-order chi connectivity index (χ1) is 15.2. The van der Waals surface area contributed by atoms with E-state index >= 15 is 0 Å². The van der Waals surface area contributed by atoms with E-state index in [1.54, 1.807) is 11.8 Å². The first-order valence-electron chi connectivity index (χ1n) is 10.8. The van der Waals surface area contributed by atoms with Gasteiger partial charge in [0.05, 0.1) is 29.4 Å². The fraction of sp³-hybridized carbons (Fsp3) is 0.500. The van der Waals surface area contributed by atoms with Crippen LogP contribution < -0.4 is 5.32 Å². The van der Waals surface area contributed by atoms with Gasteiger partial charge in [-0.3, -0.25) is 14.5 Å². The molecule has 0 aromatic heterocycles. The summed E-state index contributed by atoms with van der Waals surface area (Å²) in [5, 5.41) is 2.58. The Kier molecular flexibility index (Phi) is 5.87. The van der Waals surface area contributed by atoms with Crippen molar-refractivity contribution in [3.8, 4) is 0 Å². The van der Waals surface area contributed by atoms with E-state index < -0.39 is 29.7 Å². The summed E-state index contributed by atoms with van der Waals surface area (Å²) in [4.78, 5) is 42.9. The van der Waals surface area contributed by atoms with Crippen LogP contribution >= 0.6 is 0 Å². The number of nitrogens with zero attached hydrogens (tertiary/aromatic N) is 3. The molecule has 3 aliphatic heterocycles. The van der Waals surface area contributed by atoms with Crippen LogP contribution in [0, 0.1) is 0 Å². The summed E-state index contributed by atoms with van der Waals surface area (Å²) in [6, 6.07) is 3.21. The smallest absolute Gasteiger partial charge is 0.343 e. The van der Waals surface area contributed by atoms with Crippen LogP contribution in [0.15, 0.2) is 35.5 Å². The maximum absolute atomic E-state index is 13.6. The van der Waals surface area contributed by atoms with Crippen LogP contribution in [-0.2, 0) is 15.8 Å². The number of likely N-dealkylation sites (tertiary alicyclic amines) is 1. The van der Waals surface area contributed by atoms with Crippen LogP contribution in [0.5, 0.6) is 0 Å². The molecular weight excluding hydrogens is 425 g/mol. The van der Waals surface area contributed by atoms with Gasteiger partial charge in [-0.2, -0.15) is 13.2 Å². The number of urea groups is 1. The maximum Gasteiger partial charge on any atom is 0.416 e. The van der Waals surface area contributed by atoms with Crippen LogP contribution in [0.3, 0.4) is 0 Å². The number of carbonyl (C=O) groups is 3. The van der Waals surface area contributed by atoms with Crippen molar-refractivity contribution in [1.82, 2.24) is 20.0 Å². The summed E-state index contributed by atoms with van der Waals surface area (Å²) in [7, 11) is 0. The van der Waals surface area contributed by atoms with E-state index in [4.69, 9.17) is 0 Å². The van der Waals surface area contributed by atoms with Gasteiger partial charge >= 0.3 is 12.2 Å². The molecule has 7 nitrogen and oxygen atoms in total. The zero-order valence-corrected chi connectivity index (χ0v) is 17.7. The molecule has 0 aliphatic carbocycles. The minimum Gasteiger partial charge on any atom is -0.343 e. The summed E-state index contributed by atoms with van der Waals surface area (Å²) in [6.07, 6.45) is -2.56. The predicted octanol–water partition coefficient (Wildman–Crippen LogP) is 2.90. The number of alkyl halides is 3. The van der Waals surface area contributed by atoms with Crippen LogP contribution in [0.4, 0.5) is 18.0 Å². The molecule has 3 aliphatic rings. The predicted molar refractivity (Wildman–Crippen MR) is 109 cm³/mol. The van der Waals surface area contributed by atoms with Gasteiger partial charge in [-0.15, -0.1) is 0 Å². The molecule has 1 aromatic rings. The average Bonchev–Trinajstić information content (AvgIpc) is 3.40. The third-order valence-electron chi connectivity index (χ3n) is 6.24. The van der Waals surface area contributed by atoms with Crippen LogP contribution in [0.25, 0.3) is 0 Å². The average molecular weight is 450 g/mol.